The van der Waals surface area contributed by atoms with Gasteiger partial charge >= 0.3 is 0 Å². The number of hydrogen-bond donors (Lipinski definition) is 0. The summed E-state index contributed by atoms with van der Waals surface area (Å²) in [4.78, 5) is 5.61. The third-order valence-corrected chi connectivity index (χ3v) is 13.3. The first-order valence-electron chi connectivity index (χ1n) is 12.0. The molecule has 0 amide bonds. The molecule has 5 aromatic rings. The van der Waals surface area contributed by atoms with E-state index in [4.69, 9.17) is 0 Å². The molecule has 166 valence electrons. The fourth-order valence-corrected chi connectivity index (χ4v) is 11.4. The summed E-state index contributed by atoms with van der Waals surface area (Å²) in [6.07, 6.45) is 6.11. The second-order valence-corrected chi connectivity index (χ2v) is 14.5. The maximum absolute atomic E-state index is 2.47. The highest BCUT2D eigenvalue weighted by Crippen LogP contribution is 2.62. The zero-order chi connectivity index (χ0) is 22.7. The Morgan fingerprint density at radius 2 is 0.857 bits per heavy atom. The largest absolute Gasteiger partial charge is 0.0804 e. The molecular formula is C31H18S4. The van der Waals surface area contributed by atoms with Crippen LogP contribution in [0.2, 0.25) is 0 Å². The second kappa shape index (κ2) is 7.17. The third kappa shape index (κ3) is 2.94. The molecule has 0 N–H and O–H groups in total. The van der Waals surface area contributed by atoms with Gasteiger partial charge in [-0.2, -0.15) is 0 Å². The highest BCUT2D eigenvalue weighted by atomic mass is 32.2. The molecule has 0 saturated heterocycles. The fraction of sp³-hybridized carbons (Fsp3) is 0.0968. The SMILES string of the molecule is C1=CC2CC1c1cc3cc4c(cc3cc12)SC(=C1Sc2cc3cc5ccccc5cc3cc2S1)S4. The molecule has 9 rings (SSSR count). The molecule has 2 unspecified atom stereocenters. The van der Waals surface area contributed by atoms with E-state index in [-0.39, 0.29) is 0 Å². The van der Waals surface area contributed by atoms with Crippen molar-refractivity contribution >= 4 is 79.4 Å². The Morgan fingerprint density at radius 3 is 1.29 bits per heavy atom. The van der Waals surface area contributed by atoms with Crippen molar-refractivity contribution in [3.8, 4) is 0 Å². The van der Waals surface area contributed by atoms with Gasteiger partial charge in [0.05, 0.1) is 8.47 Å². The summed E-state index contributed by atoms with van der Waals surface area (Å²) in [5.74, 6) is 1.29. The van der Waals surface area contributed by atoms with Crippen LogP contribution in [0.15, 0.2) is 113 Å². The van der Waals surface area contributed by atoms with Gasteiger partial charge in [0, 0.05) is 31.4 Å². The van der Waals surface area contributed by atoms with E-state index in [1.165, 1.54) is 66.8 Å². The summed E-state index contributed by atoms with van der Waals surface area (Å²) in [7, 11) is 0. The van der Waals surface area contributed by atoms with Gasteiger partial charge < -0.3 is 0 Å². The van der Waals surface area contributed by atoms with Crippen molar-refractivity contribution in [1.82, 2.24) is 0 Å². The first-order valence-corrected chi connectivity index (χ1v) is 15.2. The van der Waals surface area contributed by atoms with E-state index in [0.29, 0.717) is 11.8 Å². The molecule has 5 aromatic carbocycles. The minimum atomic E-state index is 0.644. The average molecular weight is 519 g/mol. The van der Waals surface area contributed by atoms with Crippen molar-refractivity contribution in [2.24, 2.45) is 0 Å². The van der Waals surface area contributed by atoms with Gasteiger partial charge in [0.25, 0.3) is 0 Å². The molecule has 0 fully saturated rings. The Morgan fingerprint density at radius 1 is 0.457 bits per heavy atom. The molecule has 0 spiro atoms. The van der Waals surface area contributed by atoms with Crippen molar-refractivity contribution in [2.75, 3.05) is 0 Å². The lowest BCUT2D eigenvalue weighted by molar-refractivity contribution is 0.805. The van der Waals surface area contributed by atoms with E-state index in [1.807, 2.05) is 47.0 Å². The minimum Gasteiger partial charge on any atom is -0.0804 e. The summed E-state index contributed by atoms with van der Waals surface area (Å²) in [6.45, 7) is 0. The molecule has 35 heavy (non-hydrogen) atoms. The van der Waals surface area contributed by atoms with E-state index < -0.39 is 0 Å². The van der Waals surface area contributed by atoms with E-state index in [0.717, 1.165) is 0 Å². The Labute approximate surface area is 220 Å². The quantitative estimate of drug-likeness (QED) is 0.148. The highest BCUT2D eigenvalue weighted by Gasteiger charge is 2.33. The monoisotopic (exact) mass is 518 g/mol. The zero-order valence-electron chi connectivity index (χ0n) is 18.6. The summed E-state index contributed by atoms with van der Waals surface area (Å²) in [5.41, 5.74) is 3.13. The molecule has 0 nitrogen and oxygen atoms in total. The van der Waals surface area contributed by atoms with Crippen LogP contribution in [-0.4, -0.2) is 0 Å². The van der Waals surface area contributed by atoms with Gasteiger partial charge in [-0.3, -0.25) is 0 Å². The van der Waals surface area contributed by atoms with Crippen LogP contribution >= 0.6 is 47.0 Å². The highest BCUT2D eigenvalue weighted by molar-refractivity contribution is 8.30. The molecule has 2 bridgehead atoms. The molecular weight excluding hydrogens is 501 g/mol. The Bertz CT molecular complexity index is 1720. The fourth-order valence-electron chi connectivity index (χ4n) is 6.02. The number of allylic oxidation sites excluding steroid dienone is 2. The Kier molecular flexibility index (Phi) is 4.07. The molecule has 0 radical (unpaired) electrons. The van der Waals surface area contributed by atoms with E-state index in [9.17, 15) is 0 Å². The van der Waals surface area contributed by atoms with Crippen LogP contribution in [-0.2, 0) is 0 Å². The van der Waals surface area contributed by atoms with Crippen molar-refractivity contribution in [3.63, 3.8) is 0 Å². The van der Waals surface area contributed by atoms with E-state index in [2.05, 4.69) is 84.9 Å². The number of benzene rings is 5. The number of thioether (sulfide) groups is 4. The Balaban J connectivity index is 1.09. The van der Waals surface area contributed by atoms with Crippen LogP contribution in [0.3, 0.4) is 0 Å². The summed E-state index contributed by atoms with van der Waals surface area (Å²) < 4.78 is 2.87. The normalized spacial score (nSPS) is 21.5. The molecule has 2 atom stereocenters. The van der Waals surface area contributed by atoms with E-state index >= 15 is 0 Å². The minimum absolute atomic E-state index is 0.644. The molecule has 2 aliphatic carbocycles. The first-order chi connectivity index (χ1) is 17.2. The lowest BCUT2D eigenvalue weighted by Crippen LogP contribution is -1.93. The second-order valence-electron chi connectivity index (χ2n) is 9.79. The van der Waals surface area contributed by atoms with Gasteiger partial charge in [-0.25, -0.2) is 0 Å². The maximum Gasteiger partial charge on any atom is 0.0706 e. The molecule has 2 aliphatic heterocycles. The van der Waals surface area contributed by atoms with Crippen molar-refractivity contribution in [1.29, 1.82) is 0 Å². The lowest BCUT2D eigenvalue weighted by Gasteiger charge is -2.12. The molecule has 4 aliphatic rings. The average Bonchev–Trinajstić information content (AvgIpc) is 3.66. The van der Waals surface area contributed by atoms with Gasteiger partial charge in [-0.1, -0.05) is 95.6 Å². The summed E-state index contributed by atoms with van der Waals surface area (Å²) >= 11 is 7.82. The standard InChI is InChI=1S/C31H18S4/c1-2-4-17-8-21-13-27-26(12-20(21)7-16(17)3-1)32-30(33-27)31-34-28-14-22-10-24-18-5-6-19(9-18)25(24)11-23(22)15-29(28)35-31/h1-8,10-15,18-19H,9H2. The Hall–Kier alpha value is -2.24. The number of rotatable bonds is 0. The topological polar surface area (TPSA) is 0 Å². The number of fused-ring (bicyclic) bond motifs is 10. The van der Waals surface area contributed by atoms with Gasteiger partial charge in [-0.05, 0) is 86.3 Å². The predicted octanol–water partition coefficient (Wildman–Crippen LogP) is 10.5. The van der Waals surface area contributed by atoms with Gasteiger partial charge in [0.15, 0.2) is 0 Å². The summed E-state index contributed by atoms with van der Waals surface area (Å²) in [5, 5.41) is 8.09. The van der Waals surface area contributed by atoms with Crippen molar-refractivity contribution < 1.29 is 0 Å². The van der Waals surface area contributed by atoms with Gasteiger partial charge in [0.2, 0.25) is 0 Å². The first kappa shape index (κ1) is 19.9. The van der Waals surface area contributed by atoms with Crippen LogP contribution in [0, 0.1) is 0 Å². The smallest absolute Gasteiger partial charge is 0.0706 e. The van der Waals surface area contributed by atoms with Crippen LogP contribution < -0.4 is 0 Å². The van der Waals surface area contributed by atoms with Gasteiger partial charge in [-0.15, -0.1) is 0 Å². The van der Waals surface area contributed by atoms with Crippen molar-refractivity contribution in [3.05, 3.63) is 105 Å². The maximum atomic E-state index is 2.47. The van der Waals surface area contributed by atoms with Crippen LogP contribution in [0.4, 0.5) is 0 Å². The van der Waals surface area contributed by atoms with E-state index in [1.54, 1.807) is 11.1 Å². The number of hydrogen-bond acceptors (Lipinski definition) is 4. The molecule has 2 heterocycles. The summed E-state index contributed by atoms with van der Waals surface area (Å²) in [6, 6.07) is 27.9. The van der Waals surface area contributed by atoms with Crippen LogP contribution in [0.1, 0.15) is 29.4 Å². The van der Waals surface area contributed by atoms with Gasteiger partial charge in [0.1, 0.15) is 0 Å². The van der Waals surface area contributed by atoms with Crippen LogP contribution in [0.25, 0.3) is 32.3 Å². The third-order valence-electron chi connectivity index (χ3n) is 7.73. The van der Waals surface area contributed by atoms with Crippen molar-refractivity contribution in [2.45, 2.75) is 37.8 Å². The zero-order valence-corrected chi connectivity index (χ0v) is 21.8. The lowest BCUT2D eigenvalue weighted by atomic mass is 9.93. The molecule has 0 aromatic heterocycles. The molecule has 0 saturated carbocycles. The molecule has 4 heteroatoms. The van der Waals surface area contributed by atoms with Crippen LogP contribution in [0.5, 0.6) is 0 Å². The predicted molar refractivity (Wildman–Crippen MR) is 155 cm³/mol.